The molecule has 1 atom stereocenters. The van der Waals surface area contributed by atoms with Gasteiger partial charge >= 0.3 is 0 Å². The highest BCUT2D eigenvalue weighted by molar-refractivity contribution is 5.86. The van der Waals surface area contributed by atoms with Crippen molar-refractivity contribution >= 4 is 10.8 Å². The summed E-state index contributed by atoms with van der Waals surface area (Å²) in [6.07, 6.45) is 3.56. The fourth-order valence-corrected chi connectivity index (χ4v) is 2.39. The van der Waals surface area contributed by atoms with Crippen LogP contribution in [-0.4, -0.2) is 16.0 Å². The quantitative estimate of drug-likeness (QED) is 0.793. The van der Waals surface area contributed by atoms with E-state index in [9.17, 15) is 0 Å². The van der Waals surface area contributed by atoms with Gasteiger partial charge in [-0.2, -0.15) is 0 Å². The average Bonchev–Trinajstić information content (AvgIpc) is 2.54. The van der Waals surface area contributed by atoms with Crippen LogP contribution in [-0.2, 0) is 6.42 Å². The number of rotatable bonds is 4. The minimum Gasteiger partial charge on any atom is -0.327 e. The molecule has 0 bridgehead atoms. The molecule has 0 radical (unpaired) electrons. The molecule has 3 nitrogen and oxygen atoms in total. The van der Waals surface area contributed by atoms with Gasteiger partial charge in [-0.05, 0) is 29.3 Å². The van der Waals surface area contributed by atoms with Crippen LogP contribution in [0, 0.1) is 0 Å². The van der Waals surface area contributed by atoms with Crippen LogP contribution in [0.2, 0.25) is 0 Å². The van der Waals surface area contributed by atoms with Gasteiger partial charge in [0.2, 0.25) is 0 Å². The summed E-state index contributed by atoms with van der Waals surface area (Å²) >= 11 is 0. The molecule has 0 fully saturated rings. The Morgan fingerprint density at radius 1 is 1.05 bits per heavy atom. The van der Waals surface area contributed by atoms with E-state index < -0.39 is 0 Å². The molecular formula is C18H19N3. The Balaban J connectivity index is 1.96. The molecule has 2 N–H and O–H groups in total. The zero-order valence-corrected chi connectivity index (χ0v) is 12.2. The van der Waals surface area contributed by atoms with Crippen molar-refractivity contribution < 1.29 is 0 Å². The van der Waals surface area contributed by atoms with Gasteiger partial charge in [0.25, 0.3) is 0 Å². The summed E-state index contributed by atoms with van der Waals surface area (Å²) in [5.74, 6) is 0.765. The van der Waals surface area contributed by atoms with Gasteiger partial charge in [-0.15, -0.1) is 0 Å². The van der Waals surface area contributed by atoms with Crippen molar-refractivity contribution in [3.05, 3.63) is 60.4 Å². The van der Waals surface area contributed by atoms with E-state index in [0.29, 0.717) is 0 Å². The van der Waals surface area contributed by atoms with Gasteiger partial charge in [0.1, 0.15) is 0 Å². The molecule has 106 valence electrons. The van der Waals surface area contributed by atoms with Crippen LogP contribution < -0.4 is 5.73 Å². The maximum absolute atomic E-state index is 6.01. The van der Waals surface area contributed by atoms with E-state index in [1.165, 1.54) is 10.8 Å². The van der Waals surface area contributed by atoms with Crippen molar-refractivity contribution in [3.8, 4) is 11.4 Å². The zero-order chi connectivity index (χ0) is 14.7. The molecular weight excluding hydrogens is 258 g/mol. The molecule has 0 amide bonds. The Hall–Kier alpha value is -2.26. The molecule has 1 aromatic heterocycles. The fourth-order valence-electron chi connectivity index (χ4n) is 2.39. The van der Waals surface area contributed by atoms with Gasteiger partial charge in [-0.25, -0.2) is 9.97 Å². The molecule has 3 heteroatoms. The lowest BCUT2D eigenvalue weighted by atomic mass is 10.1. The predicted octanol–water partition coefficient (Wildman–Crippen LogP) is 3.58. The number of aromatic nitrogens is 2. The second kappa shape index (κ2) is 6.02. The monoisotopic (exact) mass is 277 g/mol. The van der Waals surface area contributed by atoms with Crippen LogP contribution in [0.3, 0.4) is 0 Å². The van der Waals surface area contributed by atoms with Gasteiger partial charge < -0.3 is 5.73 Å². The van der Waals surface area contributed by atoms with Crippen molar-refractivity contribution in [2.75, 3.05) is 0 Å². The second-order valence-corrected chi connectivity index (χ2v) is 5.31. The van der Waals surface area contributed by atoms with Crippen LogP contribution in [0.5, 0.6) is 0 Å². The molecule has 0 aliphatic carbocycles. The molecule has 0 saturated carbocycles. The number of hydrogen-bond donors (Lipinski definition) is 1. The number of benzene rings is 2. The van der Waals surface area contributed by atoms with Crippen molar-refractivity contribution in [1.29, 1.82) is 0 Å². The minimum absolute atomic E-state index is 0.157. The van der Waals surface area contributed by atoms with Gasteiger partial charge in [-0.1, -0.05) is 43.3 Å². The van der Waals surface area contributed by atoms with E-state index in [-0.39, 0.29) is 6.04 Å². The van der Waals surface area contributed by atoms with Crippen molar-refractivity contribution in [3.63, 3.8) is 0 Å². The van der Waals surface area contributed by atoms with E-state index in [2.05, 4.69) is 47.2 Å². The summed E-state index contributed by atoms with van der Waals surface area (Å²) < 4.78 is 0. The molecule has 1 heterocycles. The van der Waals surface area contributed by atoms with E-state index in [1.807, 2.05) is 24.4 Å². The highest BCUT2D eigenvalue weighted by atomic mass is 14.9. The van der Waals surface area contributed by atoms with Gasteiger partial charge in [0.05, 0.1) is 0 Å². The molecule has 21 heavy (non-hydrogen) atoms. The number of fused-ring (bicyclic) bond motifs is 1. The van der Waals surface area contributed by atoms with Crippen LogP contribution in [0.4, 0.5) is 0 Å². The van der Waals surface area contributed by atoms with Gasteiger partial charge in [0.15, 0.2) is 5.82 Å². The molecule has 0 aliphatic rings. The van der Waals surface area contributed by atoms with Crippen LogP contribution in [0.25, 0.3) is 22.2 Å². The second-order valence-electron chi connectivity index (χ2n) is 5.31. The zero-order valence-electron chi connectivity index (χ0n) is 12.2. The molecule has 3 rings (SSSR count). The largest absolute Gasteiger partial charge is 0.327 e. The first-order valence-corrected chi connectivity index (χ1v) is 7.33. The maximum Gasteiger partial charge on any atom is 0.159 e. The summed E-state index contributed by atoms with van der Waals surface area (Å²) in [5, 5.41) is 2.43. The Morgan fingerprint density at radius 3 is 2.67 bits per heavy atom. The topological polar surface area (TPSA) is 51.8 Å². The highest BCUT2D eigenvalue weighted by Crippen LogP contribution is 2.22. The summed E-state index contributed by atoms with van der Waals surface area (Å²) in [5.41, 5.74) is 8.05. The third-order valence-corrected chi connectivity index (χ3v) is 3.72. The van der Waals surface area contributed by atoms with Crippen LogP contribution in [0.1, 0.15) is 19.0 Å². The van der Waals surface area contributed by atoms with Crippen molar-refractivity contribution in [1.82, 2.24) is 9.97 Å². The SMILES string of the molecule is CCC(N)Cc1ccnc(-c2ccc3ccccc3c2)n1. The molecule has 0 spiro atoms. The average molecular weight is 277 g/mol. The van der Waals surface area contributed by atoms with Crippen LogP contribution in [0.15, 0.2) is 54.7 Å². The molecule has 0 saturated heterocycles. The number of hydrogen-bond acceptors (Lipinski definition) is 3. The summed E-state index contributed by atoms with van der Waals surface area (Å²) in [6.45, 7) is 2.09. The van der Waals surface area contributed by atoms with Gasteiger partial charge in [-0.3, -0.25) is 0 Å². The third-order valence-electron chi connectivity index (χ3n) is 3.72. The first-order valence-electron chi connectivity index (χ1n) is 7.33. The lowest BCUT2D eigenvalue weighted by Crippen LogP contribution is -2.22. The Labute approximate surface area is 124 Å². The molecule has 1 unspecified atom stereocenters. The smallest absolute Gasteiger partial charge is 0.159 e. The molecule has 3 aromatic rings. The lowest BCUT2D eigenvalue weighted by molar-refractivity contribution is 0.636. The predicted molar refractivity (Wildman–Crippen MR) is 86.9 cm³/mol. The molecule has 2 aromatic carbocycles. The standard InChI is InChI=1S/C18H19N3/c1-2-16(19)12-17-9-10-20-18(21-17)15-8-7-13-5-3-4-6-14(13)11-15/h3-11,16H,2,12,19H2,1H3. The Kier molecular flexibility index (Phi) is 3.93. The van der Waals surface area contributed by atoms with E-state index in [0.717, 1.165) is 29.9 Å². The normalized spacial score (nSPS) is 12.5. The number of nitrogens with two attached hydrogens (primary N) is 1. The van der Waals surface area contributed by atoms with Gasteiger partial charge in [0, 0.05) is 29.9 Å². The van der Waals surface area contributed by atoms with Crippen LogP contribution >= 0.6 is 0 Å². The summed E-state index contributed by atoms with van der Waals surface area (Å²) in [4.78, 5) is 9.04. The van der Waals surface area contributed by atoms with E-state index in [1.54, 1.807) is 0 Å². The van der Waals surface area contributed by atoms with E-state index in [4.69, 9.17) is 5.73 Å². The maximum atomic E-state index is 6.01. The number of nitrogens with zero attached hydrogens (tertiary/aromatic N) is 2. The summed E-state index contributed by atoms with van der Waals surface area (Å²) in [6, 6.07) is 16.7. The summed E-state index contributed by atoms with van der Waals surface area (Å²) in [7, 11) is 0. The Morgan fingerprint density at radius 2 is 1.86 bits per heavy atom. The third kappa shape index (κ3) is 3.09. The van der Waals surface area contributed by atoms with Crippen molar-refractivity contribution in [2.45, 2.75) is 25.8 Å². The van der Waals surface area contributed by atoms with Crippen molar-refractivity contribution in [2.24, 2.45) is 5.73 Å². The fraction of sp³-hybridized carbons (Fsp3) is 0.222. The van der Waals surface area contributed by atoms with E-state index >= 15 is 0 Å². The first-order chi connectivity index (χ1) is 10.3. The highest BCUT2D eigenvalue weighted by Gasteiger charge is 2.06. The lowest BCUT2D eigenvalue weighted by Gasteiger charge is -2.09. The first kappa shape index (κ1) is 13.7. The minimum atomic E-state index is 0.157. The Bertz CT molecular complexity index is 752. The molecule has 0 aliphatic heterocycles.